The van der Waals surface area contributed by atoms with Gasteiger partial charge in [0.05, 0.1) is 0 Å². The number of benzene rings is 2. The zero-order valence-corrected chi connectivity index (χ0v) is 15.9. The smallest absolute Gasteiger partial charge is 0.168 e. The predicted octanol–water partition coefficient (Wildman–Crippen LogP) is 5.43. The third-order valence-corrected chi connectivity index (χ3v) is 3.58. The lowest BCUT2D eigenvalue weighted by molar-refractivity contribution is -0.671. The summed E-state index contributed by atoms with van der Waals surface area (Å²) in [6.07, 6.45) is 4.07. The Bertz CT molecular complexity index is 526. The van der Waals surface area contributed by atoms with Crippen LogP contribution in [0.15, 0.2) is 73.1 Å². The second-order valence-corrected chi connectivity index (χ2v) is 6.35. The quantitative estimate of drug-likeness (QED) is 0.487. The molecule has 0 aliphatic carbocycles. The van der Waals surface area contributed by atoms with Gasteiger partial charge in [-0.3, -0.25) is 0 Å². The topological polar surface area (TPSA) is 3.88 Å². The molecule has 1 heterocycles. The van der Waals surface area contributed by atoms with Crippen LogP contribution in [0.5, 0.6) is 0 Å². The number of hydrogen-bond donors (Lipinski definition) is 0. The van der Waals surface area contributed by atoms with E-state index in [1.807, 2.05) is 24.0 Å². The average molecular weight is 321 g/mol. The lowest BCUT2D eigenvalue weighted by Gasteiger charge is -1.90. The van der Waals surface area contributed by atoms with Crippen LogP contribution in [-0.4, -0.2) is 0 Å². The van der Waals surface area contributed by atoms with Crippen molar-refractivity contribution in [3.05, 3.63) is 101 Å². The number of aromatic nitrogens is 1. The Morgan fingerprint density at radius 1 is 0.417 bits per heavy atom. The van der Waals surface area contributed by atoms with Crippen molar-refractivity contribution in [3.63, 3.8) is 0 Å². The van der Waals surface area contributed by atoms with Crippen LogP contribution < -0.4 is 4.57 Å². The van der Waals surface area contributed by atoms with Gasteiger partial charge in [-0.15, -0.1) is 0 Å². The van der Waals surface area contributed by atoms with Gasteiger partial charge in [0.15, 0.2) is 12.4 Å². The molecule has 0 aliphatic rings. The minimum atomic E-state index is 1.31. The fourth-order valence-corrected chi connectivity index (χ4v) is 1.85. The largest absolute Gasteiger partial charge is 0.208 e. The van der Waals surface area contributed by atoms with Crippen molar-refractivity contribution in [2.45, 2.75) is 34.6 Å². The van der Waals surface area contributed by atoms with Gasteiger partial charge in [-0.1, -0.05) is 70.8 Å². The van der Waals surface area contributed by atoms with E-state index in [1.54, 1.807) is 0 Å². The molecule has 0 fully saturated rings. The summed E-state index contributed by atoms with van der Waals surface area (Å²) in [5.74, 6) is 0. The molecule has 0 N–H and O–H groups in total. The van der Waals surface area contributed by atoms with Crippen molar-refractivity contribution >= 4 is 0 Å². The van der Waals surface area contributed by atoms with Gasteiger partial charge in [0.25, 0.3) is 0 Å². The Kier molecular flexibility index (Phi) is 8.49. The van der Waals surface area contributed by atoms with Crippen LogP contribution in [0.1, 0.15) is 27.8 Å². The van der Waals surface area contributed by atoms with Gasteiger partial charge in [0.2, 0.25) is 0 Å². The summed E-state index contributed by atoms with van der Waals surface area (Å²) in [5, 5.41) is 0. The molecular formula is C23H30N+. The van der Waals surface area contributed by atoms with Crippen molar-refractivity contribution in [2.75, 3.05) is 0 Å². The van der Waals surface area contributed by atoms with Gasteiger partial charge < -0.3 is 0 Å². The molecule has 0 aliphatic heterocycles. The van der Waals surface area contributed by atoms with E-state index >= 15 is 0 Å². The third kappa shape index (κ3) is 8.89. The number of aryl methyl sites for hydroxylation is 6. The van der Waals surface area contributed by atoms with Gasteiger partial charge >= 0.3 is 0 Å². The summed E-state index contributed by atoms with van der Waals surface area (Å²) in [6.45, 7) is 10.5. The van der Waals surface area contributed by atoms with E-state index in [-0.39, 0.29) is 0 Å². The van der Waals surface area contributed by atoms with Crippen LogP contribution >= 0.6 is 0 Å². The Morgan fingerprint density at radius 2 is 0.625 bits per heavy atom. The second kappa shape index (κ2) is 10.4. The molecule has 0 atom stereocenters. The van der Waals surface area contributed by atoms with E-state index in [0.717, 1.165) is 0 Å². The minimum Gasteiger partial charge on any atom is -0.208 e. The molecule has 3 rings (SSSR count). The third-order valence-electron chi connectivity index (χ3n) is 3.58. The Morgan fingerprint density at radius 3 is 0.833 bits per heavy atom. The number of pyridine rings is 1. The zero-order valence-electron chi connectivity index (χ0n) is 15.9. The molecule has 24 heavy (non-hydrogen) atoms. The number of rotatable bonds is 0. The van der Waals surface area contributed by atoms with Crippen LogP contribution in [0.3, 0.4) is 0 Å². The normalized spacial score (nSPS) is 9.25. The second-order valence-electron chi connectivity index (χ2n) is 6.35. The molecule has 0 unspecified atom stereocenters. The van der Waals surface area contributed by atoms with E-state index in [4.69, 9.17) is 0 Å². The molecule has 126 valence electrons. The summed E-state index contributed by atoms with van der Waals surface area (Å²) in [7, 11) is 2.01. The van der Waals surface area contributed by atoms with Crippen LogP contribution in [0.2, 0.25) is 0 Å². The molecule has 1 heteroatoms. The fourth-order valence-electron chi connectivity index (χ4n) is 1.85. The Hall–Kier alpha value is -2.41. The van der Waals surface area contributed by atoms with Crippen LogP contribution in [0.25, 0.3) is 0 Å². The van der Waals surface area contributed by atoms with Crippen molar-refractivity contribution in [1.29, 1.82) is 0 Å². The Labute approximate surface area is 147 Å². The Balaban J connectivity index is 0.000000180. The SMILES string of the molecule is Cc1cc[n+](C)cc1.Cc1ccc(C)cc1.Cc1ccc(C)cc1. The van der Waals surface area contributed by atoms with Gasteiger partial charge in [-0.05, 0) is 40.2 Å². The molecule has 0 radical (unpaired) electrons. The molecule has 0 saturated carbocycles. The summed E-state index contributed by atoms with van der Waals surface area (Å²) in [4.78, 5) is 0. The first-order valence-corrected chi connectivity index (χ1v) is 8.35. The van der Waals surface area contributed by atoms with Crippen LogP contribution in [0, 0.1) is 34.6 Å². The number of hydrogen-bond acceptors (Lipinski definition) is 0. The van der Waals surface area contributed by atoms with Crippen molar-refractivity contribution in [2.24, 2.45) is 7.05 Å². The highest BCUT2D eigenvalue weighted by Gasteiger charge is 1.86. The fraction of sp³-hybridized carbons (Fsp3) is 0.261. The van der Waals surface area contributed by atoms with E-state index in [2.05, 4.69) is 95.3 Å². The molecule has 3 aromatic rings. The van der Waals surface area contributed by atoms with E-state index in [0.29, 0.717) is 0 Å². The number of nitrogens with zero attached hydrogens (tertiary/aromatic N) is 1. The highest BCUT2D eigenvalue weighted by Crippen LogP contribution is 2.00. The molecule has 0 spiro atoms. The first-order chi connectivity index (χ1) is 11.4. The standard InChI is InChI=1S/2C8H10.C7H10N/c3*1-7-3-5-8(2)6-4-7/h3*3-6H,1-2H3/q;;+1. The molecule has 1 aromatic heterocycles. The highest BCUT2D eigenvalue weighted by molar-refractivity contribution is 5.20. The maximum Gasteiger partial charge on any atom is 0.168 e. The average Bonchev–Trinajstić information content (AvgIpc) is 2.57. The summed E-state index contributed by atoms with van der Waals surface area (Å²) < 4.78 is 2.02. The van der Waals surface area contributed by atoms with E-state index in [9.17, 15) is 0 Å². The summed E-state index contributed by atoms with van der Waals surface area (Å²) >= 11 is 0. The highest BCUT2D eigenvalue weighted by atomic mass is 14.9. The lowest BCUT2D eigenvalue weighted by atomic mass is 10.2. The maximum absolute atomic E-state index is 2.12. The molecule has 0 saturated heterocycles. The molecule has 0 bridgehead atoms. The molecule has 0 amide bonds. The van der Waals surface area contributed by atoms with Gasteiger partial charge in [-0.2, -0.15) is 0 Å². The summed E-state index contributed by atoms with van der Waals surface area (Å²) in [6, 6.07) is 21.1. The van der Waals surface area contributed by atoms with Crippen LogP contribution in [0.4, 0.5) is 0 Å². The van der Waals surface area contributed by atoms with Crippen molar-refractivity contribution in [3.8, 4) is 0 Å². The van der Waals surface area contributed by atoms with Gasteiger partial charge in [0, 0.05) is 12.1 Å². The summed E-state index contributed by atoms with van der Waals surface area (Å²) in [5.41, 5.74) is 6.63. The minimum absolute atomic E-state index is 1.31. The van der Waals surface area contributed by atoms with E-state index in [1.165, 1.54) is 27.8 Å². The van der Waals surface area contributed by atoms with Gasteiger partial charge in [-0.25, -0.2) is 4.57 Å². The molecule has 2 aromatic carbocycles. The van der Waals surface area contributed by atoms with Crippen LogP contribution in [-0.2, 0) is 7.05 Å². The first kappa shape index (κ1) is 19.6. The molecular weight excluding hydrogens is 290 g/mol. The first-order valence-electron chi connectivity index (χ1n) is 8.35. The zero-order chi connectivity index (χ0) is 17.9. The van der Waals surface area contributed by atoms with Crippen molar-refractivity contribution < 1.29 is 4.57 Å². The molecule has 1 nitrogen and oxygen atoms in total. The predicted molar refractivity (Wildman–Crippen MR) is 104 cm³/mol. The van der Waals surface area contributed by atoms with E-state index < -0.39 is 0 Å². The van der Waals surface area contributed by atoms with Gasteiger partial charge in [0.1, 0.15) is 7.05 Å². The maximum atomic E-state index is 2.12. The van der Waals surface area contributed by atoms with Crippen molar-refractivity contribution in [1.82, 2.24) is 0 Å². The monoisotopic (exact) mass is 320 g/mol. The lowest BCUT2D eigenvalue weighted by Crippen LogP contribution is -2.25.